The van der Waals surface area contributed by atoms with E-state index in [2.05, 4.69) is 24.1 Å². The fourth-order valence-electron chi connectivity index (χ4n) is 1.85. The Kier molecular flexibility index (Phi) is 5.65. The molecule has 0 aliphatic carbocycles. The van der Waals surface area contributed by atoms with Crippen molar-refractivity contribution in [1.82, 2.24) is 10.2 Å². The number of anilines is 1. The molecule has 1 aromatic carbocycles. The minimum atomic E-state index is -0.0975. The van der Waals surface area contributed by atoms with Gasteiger partial charge in [0, 0.05) is 18.8 Å². The molecule has 0 saturated carbocycles. The summed E-state index contributed by atoms with van der Waals surface area (Å²) >= 11 is 0. The fourth-order valence-corrected chi connectivity index (χ4v) is 1.85. The molecule has 0 aliphatic rings. The molecule has 1 amide bonds. The van der Waals surface area contributed by atoms with Gasteiger partial charge in [0.15, 0.2) is 0 Å². The SMILES string of the molecule is CCN(CC)CCNC(=O)c1ccc(C)cc1N. The van der Waals surface area contributed by atoms with Gasteiger partial charge >= 0.3 is 0 Å². The molecule has 4 heteroatoms. The van der Waals surface area contributed by atoms with Gasteiger partial charge < -0.3 is 16.0 Å². The van der Waals surface area contributed by atoms with Gasteiger partial charge in [0.05, 0.1) is 5.56 Å². The maximum Gasteiger partial charge on any atom is 0.253 e. The van der Waals surface area contributed by atoms with Crippen molar-refractivity contribution in [2.45, 2.75) is 20.8 Å². The summed E-state index contributed by atoms with van der Waals surface area (Å²) in [6.07, 6.45) is 0. The van der Waals surface area contributed by atoms with Gasteiger partial charge in [0.2, 0.25) is 0 Å². The Balaban J connectivity index is 2.50. The summed E-state index contributed by atoms with van der Waals surface area (Å²) in [6.45, 7) is 9.70. The predicted molar refractivity (Wildman–Crippen MR) is 75.7 cm³/mol. The Labute approximate surface area is 109 Å². The number of nitrogens with two attached hydrogens (primary N) is 1. The first-order chi connectivity index (χ1) is 8.58. The lowest BCUT2D eigenvalue weighted by atomic mass is 10.1. The van der Waals surface area contributed by atoms with Crippen molar-refractivity contribution in [3.05, 3.63) is 29.3 Å². The molecule has 0 aliphatic heterocycles. The van der Waals surface area contributed by atoms with Crippen LogP contribution in [0.25, 0.3) is 0 Å². The van der Waals surface area contributed by atoms with Crippen LogP contribution in [-0.4, -0.2) is 37.0 Å². The van der Waals surface area contributed by atoms with Crippen molar-refractivity contribution < 1.29 is 4.79 Å². The number of amides is 1. The van der Waals surface area contributed by atoms with Crippen LogP contribution in [0.15, 0.2) is 18.2 Å². The number of hydrogen-bond donors (Lipinski definition) is 2. The maximum atomic E-state index is 11.9. The molecule has 0 unspecified atom stereocenters. The molecule has 0 heterocycles. The van der Waals surface area contributed by atoms with E-state index in [-0.39, 0.29) is 5.91 Å². The summed E-state index contributed by atoms with van der Waals surface area (Å²) in [4.78, 5) is 14.2. The second-order valence-electron chi connectivity index (χ2n) is 4.37. The summed E-state index contributed by atoms with van der Waals surface area (Å²) in [5.41, 5.74) is 7.99. The zero-order chi connectivity index (χ0) is 13.5. The normalized spacial score (nSPS) is 10.7. The van der Waals surface area contributed by atoms with Crippen molar-refractivity contribution >= 4 is 11.6 Å². The van der Waals surface area contributed by atoms with Gasteiger partial charge in [-0.15, -0.1) is 0 Å². The zero-order valence-corrected chi connectivity index (χ0v) is 11.5. The topological polar surface area (TPSA) is 58.4 Å². The number of carbonyl (C=O) groups excluding carboxylic acids is 1. The summed E-state index contributed by atoms with van der Waals surface area (Å²) in [5, 5.41) is 2.90. The average molecular weight is 249 g/mol. The number of benzene rings is 1. The second-order valence-corrected chi connectivity index (χ2v) is 4.37. The fraction of sp³-hybridized carbons (Fsp3) is 0.500. The number of aryl methyl sites for hydroxylation is 1. The highest BCUT2D eigenvalue weighted by Gasteiger charge is 2.09. The van der Waals surface area contributed by atoms with Gasteiger partial charge in [0.25, 0.3) is 5.91 Å². The molecule has 3 N–H and O–H groups in total. The smallest absolute Gasteiger partial charge is 0.253 e. The number of hydrogen-bond acceptors (Lipinski definition) is 3. The van der Waals surface area contributed by atoms with Gasteiger partial charge in [0.1, 0.15) is 0 Å². The van der Waals surface area contributed by atoms with Crippen LogP contribution in [0.2, 0.25) is 0 Å². The molecule has 0 spiro atoms. The van der Waals surface area contributed by atoms with Gasteiger partial charge in [-0.2, -0.15) is 0 Å². The van der Waals surface area contributed by atoms with E-state index in [9.17, 15) is 4.79 Å². The van der Waals surface area contributed by atoms with E-state index >= 15 is 0 Å². The number of carbonyl (C=O) groups is 1. The van der Waals surface area contributed by atoms with Gasteiger partial charge in [-0.3, -0.25) is 4.79 Å². The molecule has 0 aromatic heterocycles. The molecule has 0 bridgehead atoms. The van der Waals surface area contributed by atoms with Crippen molar-refractivity contribution in [2.75, 3.05) is 31.9 Å². The van der Waals surface area contributed by atoms with E-state index in [4.69, 9.17) is 5.73 Å². The van der Waals surface area contributed by atoms with Crippen molar-refractivity contribution in [1.29, 1.82) is 0 Å². The highest BCUT2D eigenvalue weighted by molar-refractivity contribution is 5.99. The standard InChI is InChI=1S/C14H23N3O/c1-4-17(5-2)9-8-16-14(18)12-7-6-11(3)10-13(12)15/h6-7,10H,4-5,8-9,15H2,1-3H3,(H,16,18). The Morgan fingerprint density at radius 3 is 2.56 bits per heavy atom. The third kappa shape index (κ3) is 4.04. The maximum absolute atomic E-state index is 11.9. The Morgan fingerprint density at radius 1 is 1.33 bits per heavy atom. The predicted octanol–water partition coefficient (Wildman–Crippen LogP) is 1.65. The molecular formula is C14H23N3O. The summed E-state index contributed by atoms with van der Waals surface area (Å²) in [6, 6.07) is 5.49. The molecular weight excluding hydrogens is 226 g/mol. The molecule has 0 saturated heterocycles. The Morgan fingerprint density at radius 2 is 2.00 bits per heavy atom. The molecule has 1 rings (SSSR count). The first kappa shape index (κ1) is 14.5. The summed E-state index contributed by atoms with van der Waals surface area (Å²) < 4.78 is 0. The average Bonchev–Trinajstić information content (AvgIpc) is 2.34. The van der Waals surface area contributed by atoms with Gasteiger partial charge in [-0.05, 0) is 37.7 Å². The van der Waals surface area contributed by atoms with Crippen LogP contribution in [0.3, 0.4) is 0 Å². The van der Waals surface area contributed by atoms with Crippen LogP contribution in [0.1, 0.15) is 29.8 Å². The second kappa shape index (κ2) is 7.01. The van der Waals surface area contributed by atoms with Crippen LogP contribution in [0.4, 0.5) is 5.69 Å². The van der Waals surface area contributed by atoms with Crippen LogP contribution in [-0.2, 0) is 0 Å². The number of nitrogen functional groups attached to an aromatic ring is 1. The third-order valence-electron chi connectivity index (χ3n) is 3.06. The lowest BCUT2D eigenvalue weighted by Crippen LogP contribution is -2.35. The van der Waals surface area contributed by atoms with E-state index in [1.54, 1.807) is 6.07 Å². The molecule has 0 fully saturated rings. The summed E-state index contributed by atoms with van der Waals surface area (Å²) in [5.74, 6) is -0.0975. The number of nitrogens with one attached hydrogen (secondary N) is 1. The van der Waals surface area contributed by atoms with Gasteiger partial charge in [-0.1, -0.05) is 19.9 Å². The van der Waals surface area contributed by atoms with E-state index < -0.39 is 0 Å². The first-order valence-electron chi connectivity index (χ1n) is 6.45. The lowest BCUT2D eigenvalue weighted by molar-refractivity contribution is 0.0950. The van der Waals surface area contributed by atoms with Crippen LogP contribution >= 0.6 is 0 Å². The van der Waals surface area contributed by atoms with Crippen LogP contribution in [0, 0.1) is 6.92 Å². The van der Waals surface area contributed by atoms with E-state index in [0.29, 0.717) is 17.8 Å². The Bertz CT molecular complexity index is 400. The Hall–Kier alpha value is -1.55. The summed E-state index contributed by atoms with van der Waals surface area (Å²) in [7, 11) is 0. The third-order valence-corrected chi connectivity index (χ3v) is 3.06. The molecule has 0 atom stereocenters. The molecule has 4 nitrogen and oxygen atoms in total. The van der Waals surface area contributed by atoms with Crippen molar-refractivity contribution in [3.8, 4) is 0 Å². The monoisotopic (exact) mass is 249 g/mol. The van der Waals surface area contributed by atoms with Crippen molar-refractivity contribution in [2.24, 2.45) is 0 Å². The number of likely N-dealkylation sites (N-methyl/N-ethyl adjacent to an activating group) is 1. The highest BCUT2D eigenvalue weighted by Crippen LogP contribution is 2.13. The molecule has 100 valence electrons. The van der Waals surface area contributed by atoms with Crippen molar-refractivity contribution in [3.63, 3.8) is 0 Å². The molecule has 18 heavy (non-hydrogen) atoms. The quantitative estimate of drug-likeness (QED) is 0.754. The van der Waals surface area contributed by atoms with E-state index in [1.165, 1.54) is 0 Å². The highest BCUT2D eigenvalue weighted by atomic mass is 16.1. The first-order valence-corrected chi connectivity index (χ1v) is 6.45. The van der Waals surface area contributed by atoms with Crippen LogP contribution in [0.5, 0.6) is 0 Å². The minimum Gasteiger partial charge on any atom is -0.398 e. The number of rotatable bonds is 6. The van der Waals surface area contributed by atoms with E-state index in [0.717, 1.165) is 25.2 Å². The molecule has 1 aromatic rings. The number of nitrogens with zero attached hydrogens (tertiary/aromatic N) is 1. The molecule has 0 radical (unpaired) electrons. The largest absolute Gasteiger partial charge is 0.398 e. The van der Waals surface area contributed by atoms with Gasteiger partial charge in [-0.25, -0.2) is 0 Å². The minimum absolute atomic E-state index is 0.0975. The van der Waals surface area contributed by atoms with Crippen LogP contribution < -0.4 is 11.1 Å². The zero-order valence-electron chi connectivity index (χ0n) is 11.5. The lowest BCUT2D eigenvalue weighted by Gasteiger charge is -2.18. The van der Waals surface area contributed by atoms with E-state index in [1.807, 2.05) is 19.1 Å².